The molecule has 0 spiro atoms. The Bertz CT molecular complexity index is 884. The molecule has 0 aliphatic carbocycles. The van der Waals surface area contributed by atoms with Crippen molar-refractivity contribution in [1.29, 1.82) is 0 Å². The molecule has 1 aromatic heterocycles. The third kappa shape index (κ3) is 3.66. The first kappa shape index (κ1) is 16.3. The van der Waals surface area contributed by atoms with Gasteiger partial charge in [-0.3, -0.25) is 9.69 Å². The van der Waals surface area contributed by atoms with Crippen LogP contribution in [-0.4, -0.2) is 28.1 Å². The van der Waals surface area contributed by atoms with Crippen LogP contribution in [0.5, 0.6) is 5.75 Å². The molecule has 0 saturated carbocycles. The average Bonchev–Trinajstić information content (AvgIpc) is 2.57. The number of nitrogens with zero attached hydrogens (tertiary/aromatic N) is 1. The predicted molar refractivity (Wildman–Crippen MR) is 97.3 cm³/mol. The van der Waals surface area contributed by atoms with Crippen molar-refractivity contribution in [3.05, 3.63) is 76.2 Å². The fourth-order valence-electron chi connectivity index (χ4n) is 2.91. The van der Waals surface area contributed by atoms with Gasteiger partial charge in [-0.25, -0.2) is 0 Å². The second-order valence-corrected chi connectivity index (χ2v) is 6.35. The Morgan fingerprint density at radius 3 is 2.58 bits per heavy atom. The van der Waals surface area contributed by atoms with E-state index in [1.165, 1.54) is 5.56 Å². The summed E-state index contributed by atoms with van der Waals surface area (Å²) in [6.45, 7) is 2.84. The molecule has 0 unspecified atom stereocenters. The number of phenols is 1. The zero-order valence-electron chi connectivity index (χ0n) is 14.0. The average molecular weight is 322 g/mol. The van der Waals surface area contributed by atoms with Crippen LogP contribution in [0.2, 0.25) is 0 Å². The summed E-state index contributed by atoms with van der Waals surface area (Å²) < 4.78 is 0. The van der Waals surface area contributed by atoms with Gasteiger partial charge in [-0.05, 0) is 55.6 Å². The molecule has 0 saturated heterocycles. The van der Waals surface area contributed by atoms with Gasteiger partial charge in [0.1, 0.15) is 5.75 Å². The highest BCUT2D eigenvalue weighted by atomic mass is 16.3. The maximum Gasteiger partial charge on any atom is 0.256 e. The molecule has 0 radical (unpaired) electrons. The first-order valence-electron chi connectivity index (χ1n) is 8.12. The number of aromatic nitrogens is 1. The first-order chi connectivity index (χ1) is 11.5. The van der Waals surface area contributed by atoms with E-state index in [2.05, 4.69) is 23.9 Å². The fourth-order valence-corrected chi connectivity index (χ4v) is 2.91. The summed E-state index contributed by atoms with van der Waals surface area (Å²) in [4.78, 5) is 17.4. The number of hydrogen-bond donors (Lipinski definition) is 2. The van der Waals surface area contributed by atoms with Crippen molar-refractivity contribution in [1.82, 2.24) is 9.88 Å². The van der Waals surface area contributed by atoms with Crippen LogP contribution in [0.1, 0.15) is 18.2 Å². The third-order valence-electron chi connectivity index (χ3n) is 4.45. The molecule has 0 bridgehead atoms. The smallest absolute Gasteiger partial charge is 0.256 e. The number of rotatable bonds is 5. The van der Waals surface area contributed by atoms with Crippen LogP contribution >= 0.6 is 0 Å². The summed E-state index contributed by atoms with van der Waals surface area (Å²) in [5.41, 5.74) is 2.06. The Morgan fingerprint density at radius 1 is 1.12 bits per heavy atom. The lowest BCUT2D eigenvalue weighted by Crippen LogP contribution is -2.31. The van der Waals surface area contributed by atoms with E-state index in [0.29, 0.717) is 12.6 Å². The molecule has 4 heteroatoms. The van der Waals surface area contributed by atoms with Crippen LogP contribution in [0.4, 0.5) is 0 Å². The van der Waals surface area contributed by atoms with Gasteiger partial charge in [-0.2, -0.15) is 0 Å². The van der Waals surface area contributed by atoms with E-state index in [0.717, 1.165) is 22.9 Å². The summed E-state index contributed by atoms with van der Waals surface area (Å²) in [5.74, 6) is 0.286. The number of nitrogens with one attached hydrogen (secondary N) is 1. The molecule has 1 heterocycles. The summed E-state index contributed by atoms with van der Waals surface area (Å²) >= 11 is 0. The summed E-state index contributed by atoms with van der Waals surface area (Å²) in [6.07, 6.45) is 0.884. The number of likely N-dealkylation sites (N-methyl/N-ethyl adjacent to an activating group) is 1. The number of H-pyrrole nitrogens is 1. The zero-order chi connectivity index (χ0) is 17.1. The molecular formula is C20H22N2O2. The van der Waals surface area contributed by atoms with Crippen molar-refractivity contribution in [2.24, 2.45) is 0 Å². The Labute approximate surface area is 141 Å². The predicted octanol–water partition coefficient (Wildman–Crippen LogP) is 3.30. The quantitative estimate of drug-likeness (QED) is 0.758. The number of aromatic amines is 1. The molecule has 1 atom stereocenters. The monoisotopic (exact) mass is 322 g/mol. The van der Waals surface area contributed by atoms with E-state index < -0.39 is 0 Å². The third-order valence-corrected chi connectivity index (χ3v) is 4.45. The molecule has 0 amide bonds. The normalized spacial score (nSPS) is 12.6. The van der Waals surface area contributed by atoms with E-state index in [-0.39, 0.29) is 11.3 Å². The van der Waals surface area contributed by atoms with Gasteiger partial charge in [0.05, 0.1) is 0 Å². The van der Waals surface area contributed by atoms with E-state index >= 15 is 0 Å². The fraction of sp³-hybridized carbons (Fsp3) is 0.250. The Kier molecular flexibility index (Phi) is 4.67. The molecule has 2 aromatic carbocycles. The van der Waals surface area contributed by atoms with E-state index in [1.807, 2.05) is 42.5 Å². The van der Waals surface area contributed by atoms with Gasteiger partial charge in [-0.1, -0.05) is 30.3 Å². The molecule has 0 aliphatic heterocycles. The van der Waals surface area contributed by atoms with E-state index in [4.69, 9.17) is 0 Å². The summed E-state index contributed by atoms with van der Waals surface area (Å²) in [5, 5.41) is 11.1. The highest BCUT2D eigenvalue weighted by Gasteiger charge is 2.12. The molecule has 24 heavy (non-hydrogen) atoms. The lowest BCUT2D eigenvalue weighted by atomic mass is 10.1. The SMILES string of the molecule is C[C@H](Cc1ccc(O)cc1)N(C)Cc1cc2ccccc2c(=O)[nH]1. The second-order valence-electron chi connectivity index (χ2n) is 6.35. The topological polar surface area (TPSA) is 56.3 Å². The molecule has 3 aromatic rings. The van der Waals surface area contributed by atoms with Gasteiger partial charge >= 0.3 is 0 Å². The van der Waals surface area contributed by atoms with Crippen molar-refractivity contribution in [2.45, 2.75) is 25.9 Å². The van der Waals surface area contributed by atoms with Crippen molar-refractivity contribution >= 4 is 10.8 Å². The van der Waals surface area contributed by atoms with Gasteiger partial charge in [0.2, 0.25) is 0 Å². The maximum atomic E-state index is 12.2. The van der Waals surface area contributed by atoms with Crippen LogP contribution in [0.15, 0.2) is 59.4 Å². The molecular weight excluding hydrogens is 300 g/mol. The van der Waals surface area contributed by atoms with Crippen LogP contribution in [0, 0.1) is 0 Å². The summed E-state index contributed by atoms with van der Waals surface area (Å²) in [7, 11) is 2.05. The molecule has 124 valence electrons. The minimum absolute atomic E-state index is 0.0392. The van der Waals surface area contributed by atoms with Crippen molar-refractivity contribution < 1.29 is 5.11 Å². The highest BCUT2D eigenvalue weighted by molar-refractivity contribution is 5.81. The van der Waals surface area contributed by atoms with Crippen LogP contribution in [-0.2, 0) is 13.0 Å². The van der Waals surface area contributed by atoms with E-state index in [1.54, 1.807) is 12.1 Å². The Morgan fingerprint density at radius 2 is 1.83 bits per heavy atom. The Hall–Kier alpha value is -2.59. The molecule has 0 aliphatic rings. The minimum atomic E-state index is -0.0392. The number of hydrogen-bond acceptors (Lipinski definition) is 3. The van der Waals surface area contributed by atoms with Crippen LogP contribution < -0.4 is 5.56 Å². The number of phenolic OH excluding ortho intramolecular Hbond substituents is 1. The first-order valence-corrected chi connectivity index (χ1v) is 8.12. The molecule has 2 N–H and O–H groups in total. The molecule has 0 fully saturated rings. The minimum Gasteiger partial charge on any atom is -0.508 e. The second kappa shape index (κ2) is 6.89. The highest BCUT2D eigenvalue weighted by Crippen LogP contribution is 2.15. The number of pyridine rings is 1. The molecule has 4 nitrogen and oxygen atoms in total. The van der Waals surface area contributed by atoms with Gasteiger partial charge < -0.3 is 10.1 Å². The lowest BCUT2D eigenvalue weighted by molar-refractivity contribution is 0.245. The van der Waals surface area contributed by atoms with E-state index in [9.17, 15) is 9.90 Å². The van der Waals surface area contributed by atoms with Crippen molar-refractivity contribution in [3.63, 3.8) is 0 Å². The number of aromatic hydroxyl groups is 1. The number of fused-ring (bicyclic) bond motifs is 1. The largest absolute Gasteiger partial charge is 0.508 e. The molecule has 3 rings (SSSR count). The Balaban J connectivity index is 1.73. The lowest BCUT2D eigenvalue weighted by Gasteiger charge is -2.24. The van der Waals surface area contributed by atoms with Crippen LogP contribution in [0.25, 0.3) is 10.8 Å². The van der Waals surface area contributed by atoms with Gasteiger partial charge in [0, 0.05) is 23.7 Å². The number of benzene rings is 2. The maximum absolute atomic E-state index is 12.2. The van der Waals surface area contributed by atoms with Gasteiger partial charge in [0.15, 0.2) is 0 Å². The van der Waals surface area contributed by atoms with Crippen molar-refractivity contribution in [2.75, 3.05) is 7.05 Å². The zero-order valence-corrected chi connectivity index (χ0v) is 14.0. The van der Waals surface area contributed by atoms with Crippen LogP contribution in [0.3, 0.4) is 0 Å². The summed E-state index contributed by atoms with van der Waals surface area (Å²) in [6, 6.07) is 17.3. The van der Waals surface area contributed by atoms with Gasteiger partial charge in [0.25, 0.3) is 5.56 Å². The van der Waals surface area contributed by atoms with Crippen molar-refractivity contribution in [3.8, 4) is 5.75 Å². The standard InChI is InChI=1S/C20H22N2O2/c1-14(11-15-7-9-18(23)10-8-15)22(2)13-17-12-16-5-3-4-6-19(16)20(24)21-17/h3-10,12,14,23H,11,13H2,1-2H3,(H,21,24)/t14-/m1/s1. The van der Waals surface area contributed by atoms with Gasteiger partial charge in [-0.15, -0.1) is 0 Å².